The highest BCUT2D eigenvalue weighted by Gasteiger charge is 2.46. The molecule has 1 aliphatic heterocycles. The molecular formula is C25H27ClN2O6. The van der Waals surface area contributed by atoms with Gasteiger partial charge in [-0.1, -0.05) is 23.7 Å². The van der Waals surface area contributed by atoms with Crippen LogP contribution < -0.4 is 4.74 Å². The van der Waals surface area contributed by atoms with Crippen molar-refractivity contribution in [3.63, 3.8) is 0 Å². The molecule has 180 valence electrons. The minimum atomic E-state index is -0.836. The Morgan fingerprint density at radius 2 is 1.76 bits per heavy atom. The summed E-state index contributed by atoms with van der Waals surface area (Å²) in [6.07, 6.45) is 0. The van der Waals surface area contributed by atoms with Crippen molar-refractivity contribution in [3.8, 4) is 5.75 Å². The van der Waals surface area contributed by atoms with Crippen molar-refractivity contribution in [1.82, 2.24) is 9.80 Å². The number of hydrogen-bond acceptors (Lipinski definition) is 7. The van der Waals surface area contributed by atoms with Crippen LogP contribution in [0.4, 0.5) is 0 Å². The summed E-state index contributed by atoms with van der Waals surface area (Å²) in [5.41, 5.74) is 1.14. The second-order valence-corrected chi connectivity index (χ2v) is 8.39. The summed E-state index contributed by atoms with van der Waals surface area (Å²) in [7, 11) is 5.01. The Morgan fingerprint density at radius 1 is 1.12 bits per heavy atom. The average molecular weight is 487 g/mol. The normalized spacial score (nSPS) is 17.4. The van der Waals surface area contributed by atoms with Gasteiger partial charge in [0.1, 0.15) is 11.5 Å². The van der Waals surface area contributed by atoms with Gasteiger partial charge >= 0.3 is 5.97 Å². The number of hydrogen-bond donors (Lipinski definition) is 1. The number of likely N-dealkylation sites (tertiary alicyclic amines) is 1. The summed E-state index contributed by atoms with van der Waals surface area (Å²) in [5, 5.41) is 11.4. The van der Waals surface area contributed by atoms with Crippen LogP contribution in [0.3, 0.4) is 0 Å². The molecule has 1 aliphatic rings. The van der Waals surface area contributed by atoms with Gasteiger partial charge in [-0.2, -0.15) is 0 Å². The predicted octanol–water partition coefficient (Wildman–Crippen LogP) is 3.51. The first-order valence-corrected chi connectivity index (χ1v) is 11.1. The highest BCUT2D eigenvalue weighted by atomic mass is 35.5. The Kier molecular flexibility index (Phi) is 7.96. The molecule has 0 saturated carbocycles. The van der Waals surface area contributed by atoms with E-state index in [4.69, 9.17) is 21.1 Å². The van der Waals surface area contributed by atoms with Crippen molar-refractivity contribution in [3.05, 3.63) is 69.8 Å². The minimum Gasteiger partial charge on any atom is -0.507 e. The van der Waals surface area contributed by atoms with Crippen LogP contribution in [0, 0.1) is 0 Å². The molecule has 0 unspecified atom stereocenters. The largest absolute Gasteiger partial charge is 0.507 e. The summed E-state index contributed by atoms with van der Waals surface area (Å²) in [6.45, 7) is 3.02. The van der Waals surface area contributed by atoms with Crippen LogP contribution in [0.25, 0.3) is 5.76 Å². The Morgan fingerprint density at radius 3 is 2.32 bits per heavy atom. The third kappa shape index (κ3) is 5.08. The van der Waals surface area contributed by atoms with Crippen LogP contribution in [0.2, 0.25) is 5.02 Å². The highest BCUT2D eigenvalue weighted by molar-refractivity contribution is 6.46. The first kappa shape index (κ1) is 25.3. The molecule has 9 heteroatoms. The summed E-state index contributed by atoms with van der Waals surface area (Å²) in [4.78, 5) is 41.2. The van der Waals surface area contributed by atoms with Crippen LogP contribution >= 0.6 is 11.6 Å². The number of amides is 1. The lowest BCUT2D eigenvalue weighted by Crippen LogP contribution is -2.35. The highest BCUT2D eigenvalue weighted by Crippen LogP contribution is 2.40. The van der Waals surface area contributed by atoms with Gasteiger partial charge in [-0.15, -0.1) is 0 Å². The molecular weight excluding hydrogens is 460 g/mol. The third-order valence-corrected chi connectivity index (χ3v) is 5.78. The molecule has 0 aromatic heterocycles. The van der Waals surface area contributed by atoms with E-state index in [1.807, 2.05) is 25.9 Å². The number of halogens is 1. The molecule has 0 spiro atoms. The maximum absolute atomic E-state index is 13.1. The van der Waals surface area contributed by atoms with Crippen molar-refractivity contribution in [1.29, 1.82) is 0 Å². The standard InChI is InChI=1S/C25H27ClN2O6/c1-5-34-19-11-10-17(14-18(19)26)22(29)20-21(15-6-8-16(9-7-15)25(32)33-4)28(13-12-27(2)3)24(31)23(20)30/h6-11,14,21,29H,5,12-13H2,1-4H3/t21-/m1/s1. The van der Waals surface area contributed by atoms with E-state index in [9.17, 15) is 19.5 Å². The molecule has 1 heterocycles. The van der Waals surface area contributed by atoms with Gasteiger partial charge in [-0.25, -0.2) is 4.79 Å². The Labute approximate surface area is 203 Å². The lowest BCUT2D eigenvalue weighted by atomic mass is 9.94. The molecule has 0 bridgehead atoms. The predicted molar refractivity (Wildman–Crippen MR) is 128 cm³/mol. The monoisotopic (exact) mass is 486 g/mol. The third-order valence-electron chi connectivity index (χ3n) is 5.48. The zero-order chi connectivity index (χ0) is 25.0. The van der Waals surface area contributed by atoms with Gasteiger partial charge in [0.25, 0.3) is 11.7 Å². The van der Waals surface area contributed by atoms with Crippen LogP contribution in [0.15, 0.2) is 48.0 Å². The fraction of sp³-hybridized carbons (Fsp3) is 0.320. The summed E-state index contributed by atoms with van der Waals surface area (Å²) in [6, 6.07) is 10.2. The van der Waals surface area contributed by atoms with Crippen molar-refractivity contribution in [2.45, 2.75) is 13.0 Å². The number of carbonyl (C=O) groups is 3. The van der Waals surface area contributed by atoms with Gasteiger partial charge in [0, 0.05) is 18.7 Å². The first-order valence-electron chi connectivity index (χ1n) is 10.7. The molecule has 1 N–H and O–H groups in total. The van der Waals surface area contributed by atoms with Gasteiger partial charge in [0.15, 0.2) is 0 Å². The molecule has 1 atom stereocenters. The Bertz CT molecular complexity index is 1130. The molecule has 34 heavy (non-hydrogen) atoms. The first-order chi connectivity index (χ1) is 16.2. The van der Waals surface area contributed by atoms with E-state index in [0.29, 0.717) is 30.0 Å². The summed E-state index contributed by atoms with van der Waals surface area (Å²) in [5.74, 6) is -1.89. The number of methoxy groups -OCH3 is 1. The number of carbonyl (C=O) groups excluding carboxylic acids is 3. The van der Waals surface area contributed by atoms with Crippen molar-refractivity contribution in [2.75, 3.05) is 40.9 Å². The quantitative estimate of drug-likeness (QED) is 0.264. The summed E-state index contributed by atoms with van der Waals surface area (Å²) >= 11 is 6.28. The Hall–Kier alpha value is -3.36. The number of benzene rings is 2. The second kappa shape index (κ2) is 10.7. The number of esters is 1. The number of aliphatic hydroxyl groups is 1. The molecule has 1 saturated heterocycles. The van der Waals surface area contributed by atoms with Gasteiger partial charge in [0.2, 0.25) is 0 Å². The van der Waals surface area contributed by atoms with Crippen LogP contribution in [0.5, 0.6) is 5.75 Å². The van der Waals surface area contributed by atoms with E-state index in [2.05, 4.69) is 0 Å². The second-order valence-electron chi connectivity index (χ2n) is 7.99. The number of likely N-dealkylation sites (N-methyl/N-ethyl adjacent to an activating group) is 1. The fourth-order valence-electron chi connectivity index (χ4n) is 3.76. The zero-order valence-corrected chi connectivity index (χ0v) is 20.3. The molecule has 8 nitrogen and oxygen atoms in total. The lowest BCUT2D eigenvalue weighted by molar-refractivity contribution is -0.140. The van der Waals surface area contributed by atoms with E-state index in [0.717, 1.165) is 0 Å². The minimum absolute atomic E-state index is 0.0465. The fourth-order valence-corrected chi connectivity index (χ4v) is 4.00. The summed E-state index contributed by atoms with van der Waals surface area (Å²) < 4.78 is 10.2. The molecule has 0 aliphatic carbocycles. The van der Waals surface area contributed by atoms with Gasteiger partial charge in [-0.05, 0) is 56.9 Å². The number of aliphatic hydroxyl groups excluding tert-OH is 1. The molecule has 1 fully saturated rings. The topological polar surface area (TPSA) is 96.4 Å². The van der Waals surface area contributed by atoms with Crippen molar-refractivity contribution >= 4 is 35.0 Å². The number of rotatable bonds is 8. The van der Waals surface area contributed by atoms with Crippen LogP contribution in [0.1, 0.15) is 34.5 Å². The van der Waals surface area contributed by atoms with E-state index < -0.39 is 23.7 Å². The molecule has 3 rings (SSSR count). The SMILES string of the molecule is CCOc1ccc(C(O)=C2C(=O)C(=O)N(CCN(C)C)[C@@H]2c2ccc(C(=O)OC)cc2)cc1Cl. The van der Waals surface area contributed by atoms with E-state index in [-0.39, 0.29) is 28.5 Å². The lowest BCUT2D eigenvalue weighted by Gasteiger charge is -2.26. The number of Topliss-reactive ketones (excluding diaryl/α,β-unsaturated/α-hetero) is 1. The maximum Gasteiger partial charge on any atom is 0.337 e. The molecule has 2 aromatic carbocycles. The smallest absolute Gasteiger partial charge is 0.337 e. The van der Waals surface area contributed by atoms with Gasteiger partial charge in [-0.3, -0.25) is 9.59 Å². The number of nitrogens with zero attached hydrogens (tertiary/aromatic N) is 2. The van der Waals surface area contributed by atoms with Crippen LogP contribution in [-0.4, -0.2) is 73.5 Å². The van der Waals surface area contributed by atoms with Crippen molar-refractivity contribution < 1.29 is 29.0 Å². The molecule has 0 radical (unpaired) electrons. The number of ether oxygens (including phenoxy) is 2. The van der Waals surface area contributed by atoms with Crippen molar-refractivity contribution in [2.24, 2.45) is 0 Å². The van der Waals surface area contributed by atoms with E-state index >= 15 is 0 Å². The molecule has 2 aromatic rings. The average Bonchev–Trinajstić information content (AvgIpc) is 3.08. The van der Waals surface area contributed by atoms with Gasteiger partial charge < -0.3 is 24.4 Å². The maximum atomic E-state index is 13.1. The van der Waals surface area contributed by atoms with Crippen LogP contribution in [-0.2, 0) is 14.3 Å². The van der Waals surface area contributed by atoms with E-state index in [1.54, 1.807) is 36.4 Å². The Balaban J connectivity index is 2.12. The number of ketones is 1. The van der Waals surface area contributed by atoms with E-state index in [1.165, 1.54) is 18.1 Å². The molecule has 1 amide bonds. The zero-order valence-electron chi connectivity index (χ0n) is 19.5. The van der Waals surface area contributed by atoms with Gasteiger partial charge in [0.05, 0.1) is 35.9 Å².